The van der Waals surface area contributed by atoms with Crippen LogP contribution in [0.2, 0.25) is 0 Å². The molecule has 0 spiro atoms. The van der Waals surface area contributed by atoms with E-state index in [0.717, 1.165) is 12.8 Å². The zero-order chi connectivity index (χ0) is 23.8. The number of hydrogen-bond donors (Lipinski definition) is 2. The van der Waals surface area contributed by atoms with Gasteiger partial charge in [-0.1, -0.05) is 38.3 Å². The maximum absolute atomic E-state index is 13.4. The van der Waals surface area contributed by atoms with Crippen LogP contribution in [-0.2, 0) is 12.6 Å². The van der Waals surface area contributed by atoms with Gasteiger partial charge in [0.25, 0.3) is 5.69 Å². The van der Waals surface area contributed by atoms with E-state index in [0.29, 0.717) is 11.9 Å². The number of aromatic nitrogens is 2. The van der Waals surface area contributed by atoms with Crippen LogP contribution < -0.4 is 10.6 Å². The SMILES string of the molecule is CCCCCCc1ccc(Nc2ncc(C(F)(F)F)c(Nc3ccc([N+](=O)[O-])cc3)n2)cc1. The number of benzene rings is 2. The van der Waals surface area contributed by atoms with Gasteiger partial charge >= 0.3 is 6.18 Å². The van der Waals surface area contributed by atoms with E-state index in [4.69, 9.17) is 0 Å². The number of unbranched alkanes of at least 4 members (excludes halogenated alkanes) is 3. The summed E-state index contributed by atoms with van der Waals surface area (Å²) in [5, 5.41) is 16.3. The summed E-state index contributed by atoms with van der Waals surface area (Å²) in [5.41, 5.74) is 0.839. The molecule has 3 aromatic rings. The first kappa shape index (κ1) is 24.0. The Morgan fingerprint density at radius 1 is 0.939 bits per heavy atom. The molecule has 0 atom stereocenters. The lowest BCUT2D eigenvalue weighted by Crippen LogP contribution is -2.12. The second kappa shape index (κ2) is 10.8. The summed E-state index contributed by atoms with van der Waals surface area (Å²) >= 11 is 0. The predicted octanol–water partition coefficient (Wildman–Crippen LogP) is 7.01. The molecule has 1 aromatic heterocycles. The monoisotopic (exact) mass is 459 g/mol. The Labute approximate surface area is 189 Å². The minimum atomic E-state index is -4.68. The quantitative estimate of drug-likeness (QED) is 0.192. The fourth-order valence-corrected chi connectivity index (χ4v) is 3.19. The molecule has 0 saturated heterocycles. The van der Waals surface area contributed by atoms with Crippen LogP contribution in [0.3, 0.4) is 0 Å². The van der Waals surface area contributed by atoms with Crippen LogP contribution in [0, 0.1) is 10.1 Å². The Bertz CT molecular complexity index is 1070. The Hall–Kier alpha value is -3.69. The van der Waals surface area contributed by atoms with Crippen LogP contribution in [0.15, 0.2) is 54.7 Å². The van der Waals surface area contributed by atoms with Crippen molar-refractivity contribution in [3.63, 3.8) is 0 Å². The zero-order valence-corrected chi connectivity index (χ0v) is 18.0. The van der Waals surface area contributed by atoms with E-state index < -0.39 is 22.5 Å². The molecular weight excluding hydrogens is 435 g/mol. The number of anilines is 4. The molecule has 2 N–H and O–H groups in total. The average molecular weight is 459 g/mol. The summed E-state index contributed by atoms with van der Waals surface area (Å²) in [5.74, 6) is -0.468. The van der Waals surface area contributed by atoms with Gasteiger partial charge in [0, 0.05) is 29.7 Å². The molecule has 0 saturated carbocycles. The van der Waals surface area contributed by atoms with Crippen LogP contribution in [0.5, 0.6) is 0 Å². The lowest BCUT2D eigenvalue weighted by Gasteiger charge is -2.15. The van der Waals surface area contributed by atoms with E-state index in [1.165, 1.54) is 49.1 Å². The largest absolute Gasteiger partial charge is 0.421 e. The first-order valence-electron chi connectivity index (χ1n) is 10.6. The predicted molar refractivity (Wildman–Crippen MR) is 121 cm³/mol. The Kier molecular flexibility index (Phi) is 7.81. The number of alkyl halides is 3. The van der Waals surface area contributed by atoms with Crippen LogP contribution >= 0.6 is 0 Å². The smallest absolute Gasteiger partial charge is 0.340 e. The highest BCUT2D eigenvalue weighted by molar-refractivity contribution is 5.63. The number of non-ortho nitro benzene ring substituents is 1. The van der Waals surface area contributed by atoms with Gasteiger partial charge in [-0.25, -0.2) is 4.98 Å². The van der Waals surface area contributed by atoms with Crippen molar-refractivity contribution in [2.75, 3.05) is 10.6 Å². The van der Waals surface area contributed by atoms with Crippen molar-refractivity contribution in [1.29, 1.82) is 0 Å². The number of aryl methyl sites for hydroxylation is 1. The fraction of sp³-hybridized carbons (Fsp3) is 0.304. The van der Waals surface area contributed by atoms with Crippen molar-refractivity contribution in [3.8, 4) is 0 Å². The number of nitro benzene ring substituents is 1. The van der Waals surface area contributed by atoms with E-state index >= 15 is 0 Å². The molecule has 174 valence electrons. The lowest BCUT2D eigenvalue weighted by molar-refractivity contribution is -0.384. The van der Waals surface area contributed by atoms with Crippen molar-refractivity contribution in [1.82, 2.24) is 9.97 Å². The summed E-state index contributed by atoms with van der Waals surface area (Å²) in [7, 11) is 0. The standard InChI is InChI=1S/C23H24F3N5O2/c1-2-3-4-5-6-16-7-9-18(10-8-16)29-22-27-15-20(23(24,25)26)21(30-22)28-17-11-13-19(14-12-17)31(32)33/h7-15H,2-6H2,1H3,(H2,27,28,29,30). The van der Waals surface area contributed by atoms with Gasteiger partial charge in [0.15, 0.2) is 0 Å². The van der Waals surface area contributed by atoms with Crippen molar-refractivity contribution in [2.24, 2.45) is 0 Å². The molecule has 0 fully saturated rings. The molecule has 1 heterocycles. The number of nitro groups is 1. The highest BCUT2D eigenvalue weighted by Gasteiger charge is 2.35. The molecule has 33 heavy (non-hydrogen) atoms. The van der Waals surface area contributed by atoms with Crippen molar-refractivity contribution in [2.45, 2.75) is 45.2 Å². The van der Waals surface area contributed by atoms with Gasteiger partial charge in [-0.15, -0.1) is 0 Å². The van der Waals surface area contributed by atoms with Gasteiger partial charge in [-0.2, -0.15) is 18.2 Å². The normalized spacial score (nSPS) is 11.3. The second-order valence-corrected chi connectivity index (χ2v) is 7.52. The first-order chi connectivity index (χ1) is 15.8. The number of halogens is 3. The van der Waals surface area contributed by atoms with Crippen molar-refractivity contribution in [3.05, 3.63) is 76.0 Å². The van der Waals surface area contributed by atoms with E-state index in [1.807, 2.05) is 24.3 Å². The number of nitrogens with zero attached hydrogens (tertiary/aromatic N) is 3. The highest BCUT2D eigenvalue weighted by Crippen LogP contribution is 2.35. The molecule has 10 heteroatoms. The second-order valence-electron chi connectivity index (χ2n) is 7.52. The van der Waals surface area contributed by atoms with Crippen LogP contribution in [0.1, 0.15) is 43.7 Å². The van der Waals surface area contributed by atoms with Gasteiger partial charge in [0.2, 0.25) is 5.95 Å². The summed E-state index contributed by atoms with van der Waals surface area (Å²) in [6.07, 6.45) is 1.67. The third-order valence-electron chi connectivity index (χ3n) is 4.96. The van der Waals surface area contributed by atoms with Crippen LogP contribution in [0.25, 0.3) is 0 Å². The molecular formula is C23H24F3N5O2. The maximum atomic E-state index is 13.4. The molecule has 0 amide bonds. The first-order valence-corrected chi connectivity index (χ1v) is 10.6. The summed E-state index contributed by atoms with van der Waals surface area (Å²) in [4.78, 5) is 18.0. The van der Waals surface area contributed by atoms with Gasteiger partial charge in [0.05, 0.1) is 4.92 Å². The minimum Gasteiger partial charge on any atom is -0.340 e. The molecule has 7 nitrogen and oxygen atoms in total. The third kappa shape index (κ3) is 6.90. The molecule has 3 rings (SSSR count). The minimum absolute atomic E-state index is 0.0110. The van der Waals surface area contributed by atoms with Crippen molar-refractivity contribution >= 4 is 28.8 Å². The fourth-order valence-electron chi connectivity index (χ4n) is 3.19. The lowest BCUT2D eigenvalue weighted by atomic mass is 10.1. The van der Waals surface area contributed by atoms with Crippen LogP contribution in [-0.4, -0.2) is 14.9 Å². The average Bonchev–Trinajstić information content (AvgIpc) is 2.77. The summed E-state index contributed by atoms with van der Waals surface area (Å²) in [6, 6.07) is 12.6. The molecule has 0 aliphatic heterocycles. The molecule has 0 bridgehead atoms. The number of nitrogens with one attached hydrogen (secondary N) is 2. The molecule has 0 aliphatic rings. The van der Waals surface area contributed by atoms with E-state index in [-0.39, 0.29) is 17.3 Å². The third-order valence-corrected chi connectivity index (χ3v) is 4.96. The van der Waals surface area contributed by atoms with Gasteiger partial charge < -0.3 is 10.6 Å². The van der Waals surface area contributed by atoms with E-state index in [1.54, 1.807) is 0 Å². The van der Waals surface area contributed by atoms with E-state index in [2.05, 4.69) is 27.5 Å². The molecule has 2 aromatic carbocycles. The van der Waals surface area contributed by atoms with Gasteiger partial charge in [0.1, 0.15) is 11.4 Å². The molecule has 0 aliphatic carbocycles. The number of rotatable bonds is 10. The zero-order valence-electron chi connectivity index (χ0n) is 18.0. The maximum Gasteiger partial charge on any atom is 0.421 e. The number of hydrogen-bond acceptors (Lipinski definition) is 6. The highest BCUT2D eigenvalue weighted by atomic mass is 19.4. The summed E-state index contributed by atoms with van der Waals surface area (Å²) in [6.45, 7) is 2.16. The Balaban J connectivity index is 1.76. The van der Waals surface area contributed by atoms with E-state index in [9.17, 15) is 23.3 Å². The Morgan fingerprint density at radius 3 is 2.18 bits per heavy atom. The topological polar surface area (TPSA) is 93.0 Å². The van der Waals surface area contributed by atoms with Gasteiger partial charge in [-0.3, -0.25) is 10.1 Å². The Morgan fingerprint density at radius 2 is 1.58 bits per heavy atom. The van der Waals surface area contributed by atoms with Crippen molar-refractivity contribution < 1.29 is 18.1 Å². The molecule has 0 unspecified atom stereocenters. The molecule has 0 radical (unpaired) electrons. The van der Waals surface area contributed by atoms with Crippen LogP contribution in [0.4, 0.5) is 42.0 Å². The van der Waals surface area contributed by atoms with Gasteiger partial charge in [-0.05, 0) is 42.7 Å². The summed E-state index contributed by atoms with van der Waals surface area (Å²) < 4.78 is 40.3.